The lowest BCUT2D eigenvalue weighted by Gasteiger charge is -2.31. The van der Waals surface area contributed by atoms with E-state index in [2.05, 4.69) is 22.0 Å². The van der Waals surface area contributed by atoms with E-state index in [0.717, 1.165) is 13.1 Å². The summed E-state index contributed by atoms with van der Waals surface area (Å²) in [7, 11) is 0. The van der Waals surface area contributed by atoms with Gasteiger partial charge in [0.2, 0.25) is 5.89 Å². The average molecular weight is 238 g/mol. The molecule has 0 bridgehead atoms. The van der Waals surface area contributed by atoms with Crippen molar-refractivity contribution in [3.8, 4) is 0 Å². The first-order valence-corrected chi connectivity index (χ1v) is 6.33. The quantitative estimate of drug-likeness (QED) is 0.867. The highest BCUT2D eigenvalue weighted by molar-refractivity contribution is 4.99. The van der Waals surface area contributed by atoms with Crippen molar-refractivity contribution >= 4 is 0 Å². The lowest BCUT2D eigenvalue weighted by atomic mass is 10.0. The van der Waals surface area contributed by atoms with Gasteiger partial charge in [-0.3, -0.25) is 4.90 Å². The van der Waals surface area contributed by atoms with Gasteiger partial charge in [0, 0.05) is 6.04 Å². The van der Waals surface area contributed by atoms with Gasteiger partial charge in [0.05, 0.1) is 12.1 Å². The summed E-state index contributed by atoms with van der Waals surface area (Å²) in [5, 5.41) is 3.94. The van der Waals surface area contributed by atoms with E-state index in [1.165, 1.54) is 19.3 Å². The van der Waals surface area contributed by atoms with Crippen molar-refractivity contribution in [2.45, 2.75) is 58.2 Å². The van der Waals surface area contributed by atoms with Crippen molar-refractivity contribution in [3.63, 3.8) is 0 Å². The summed E-state index contributed by atoms with van der Waals surface area (Å²) in [6.45, 7) is 7.87. The molecule has 17 heavy (non-hydrogen) atoms. The van der Waals surface area contributed by atoms with Gasteiger partial charge in [0.25, 0.3) is 0 Å². The largest absolute Gasteiger partial charge is 0.338 e. The molecule has 1 aliphatic heterocycles. The molecule has 1 atom stereocenters. The molecule has 0 spiro atoms. The summed E-state index contributed by atoms with van der Waals surface area (Å²) >= 11 is 0. The fourth-order valence-electron chi connectivity index (χ4n) is 2.15. The van der Waals surface area contributed by atoms with Crippen LogP contribution >= 0.6 is 0 Å². The van der Waals surface area contributed by atoms with E-state index in [0.29, 0.717) is 17.8 Å². The van der Waals surface area contributed by atoms with Gasteiger partial charge in [-0.2, -0.15) is 4.98 Å². The molecule has 1 aromatic heterocycles. The maximum Gasteiger partial charge on any atom is 0.240 e. The molecule has 0 radical (unpaired) electrons. The Morgan fingerprint density at radius 2 is 2.24 bits per heavy atom. The smallest absolute Gasteiger partial charge is 0.240 e. The number of nitrogens with zero attached hydrogens (tertiary/aromatic N) is 3. The van der Waals surface area contributed by atoms with Gasteiger partial charge in [-0.05, 0) is 40.2 Å². The highest BCUT2D eigenvalue weighted by Gasteiger charge is 2.24. The fourth-order valence-corrected chi connectivity index (χ4v) is 2.15. The zero-order valence-corrected chi connectivity index (χ0v) is 10.9. The second-order valence-electron chi connectivity index (χ2n) is 5.55. The predicted octanol–water partition coefficient (Wildman–Crippen LogP) is 1.64. The van der Waals surface area contributed by atoms with Crippen LogP contribution in [0.15, 0.2) is 4.52 Å². The number of rotatable bonds is 3. The molecule has 0 amide bonds. The monoisotopic (exact) mass is 238 g/mol. The van der Waals surface area contributed by atoms with Crippen LogP contribution in [0.4, 0.5) is 0 Å². The first-order chi connectivity index (χ1) is 7.97. The normalized spacial score (nSPS) is 22.9. The van der Waals surface area contributed by atoms with E-state index in [-0.39, 0.29) is 0 Å². The molecule has 0 aliphatic carbocycles. The molecule has 2 heterocycles. The Morgan fingerprint density at radius 1 is 1.47 bits per heavy atom. The van der Waals surface area contributed by atoms with Gasteiger partial charge in [0.1, 0.15) is 0 Å². The first kappa shape index (κ1) is 12.5. The molecule has 1 aliphatic rings. The summed E-state index contributed by atoms with van der Waals surface area (Å²) in [5.74, 6) is 1.25. The van der Waals surface area contributed by atoms with Crippen molar-refractivity contribution < 1.29 is 4.52 Å². The topological polar surface area (TPSA) is 68.2 Å². The van der Waals surface area contributed by atoms with Crippen LogP contribution in [0.1, 0.15) is 51.7 Å². The van der Waals surface area contributed by atoms with Crippen molar-refractivity contribution in [1.29, 1.82) is 0 Å². The van der Waals surface area contributed by atoms with Gasteiger partial charge in [-0.1, -0.05) is 11.6 Å². The fraction of sp³-hybridized carbons (Fsp3) is 0.833. The third kappa shape index (κ3) is 3.04. The zero-order chi connectivity index (χ0) is 12.5. The molecular weight excluding hydrogens is 216 g/mol. The Labute approximate surface area is 102 Å². The van der Waals surface area contributed by atoms with Gasteiger partial charge in [-0.15, -0.1) is 0 Å². The molecule has 2 N–H and O–H groups in total. The van der Waals surface area contributed by atoms with E-state index in [4.69, 9.17) is 10.3 Å². The van der Waals surface area contributed by atoms with Gasteiger partial charge < -0.3 is 10.3 Å². The number of hydrogen-bond donors (Lipinski definition) is 1. The number of nitrogens with two attached hydrogens (primary N) is 1. The van der Waals surface area contributed by atoms with Crippen LogP contribution in [0.5, 0.6) is 0 Å². The van der Waals surface area contributed by atoms with Crippen LogP contribution in [-0.2, 0) is 12.1 Å². The average Bonchev–Trinajstić information content (AvgIpc) is 2.69. The summed E-state index contributed by atoms with van der Waals surface area (Å²) in [6.07, 6.45) is 3.83. The molecule has 2 rings (SSSR count). The molecule has 5 nitrogen and oxygen atoms in total. The zero-order valence-electron chi connectivity index (χ0n) is 10.9. The number of hydrogen-bond acceptors (Lipinski definition) is 5. The Morgan fingerprint density at radius 3 is 2.82 bits per heavy atom. The second kappa shape index (κ2) is 4.74. The third-order valence-corrected chi connectivity index (χ3v) is 3.32. The molecule has 0 aromatic carbocycles. The molecule has 0 saturated carbocycles. The van der Waals surface area contributed by atoms with Crippen molar-refractivity contribution in [2.75, 3.05) is 6.54 Å². The Kier molecular flexibility index (Phi) is 3.49. The molecule has 1 fully saturated rings. The molecule has 1 unspecified atom stereocenters. The minimum absolute atomic E-state index is 0.532. The molecular formula is C12H22N4O. The van der Waals surface area contributed by atoms with Crippen LogP contribution in [0.3, 0.4) is 0 Å². The van der Waals surface area contributed by atoms with Gasteiger partial charge >= 0.3 is 0 Å². The summed E-state index contributed by atoms with van der Waals surface area (Å²) in [4.78, 5) is 6.76. The Bertz CT molecular complexity index is 369. The van der Waals surface area contributed by atoms with Gasteiger partial charge in [0.15, 0.2) is 5.82 Å². The van der Waals surface area contributed by atoms with E-state index in [1.54, 1.807) is 0 Å². The number of aromatic nitrogens is 2. The molecule has 96 valence electrons. The predicted molar refractivity (Wildman–Crippen MR) is 65.2 cm³/mol. The van der Waals surface area contributed by atoms with Crippen molar-refractivity contribution in [2.24, 2.45) is 5.73 Å². The Balaban J connectivity index is 2.01. The van der Waals surface area contributed by atoms with E-state index in [1.807, 2.05) is 13.8 Å². The highest BCUT2D eigenvalue weighted by Crippen LogP contribution is 2.19. The lowest BCUT2D eigenvalue weighted by molar-refractivity contribution is 0.135. The van der Waals surface area contributed by atoms with E-state index in [9.17, 15) is 0 Å². The SMILES string of the molecule is CC1CCCCN1Cc1nc(C(C)(C)N)no1. The second-order valence-corrected chi connectivity index (χ2v) is 5.55. The molecule has 5 heteroatoms. The minimum Gasteiger partial charge on any atom is -0.338 e. The van der Waals surface area contributed by atoms with Crippen molar-refractivity contribution in [3.05, 3.63) is 11.7 Å². The van der Waals surface area contributed by atoms with E-state index < -0.39 is 5.54 Å². The third-order valence-electron chi connectivity index (χ3n) is 3.32. The maximum atomic E-state index is 5.93. The Hall–Kier alpha value is -0.940. The number of likely N-dealkylation sites (tertiary alicyclic amines) is 1. The first-order valence-electron chi connectivity index (χ1n) is 6.33. The molecule has 1 saturated heterocycles. The minimum atomic E-state index is -0.532. The van der Waals surface area contributed by atoms with E-state index >= 15 is 0 Å². The van der Waals surface area contributed by atoms with Crippen LogP contribution in [-0.4, -0.2) is 27.6 Å². The summed E-state index contributed by atoms with van der Waals surface area (Å²) < 4.78 is 5.26. The van der Waals surface area contributed by atoms with Crippen LogP contribution < -0.4 is 5.73 Å². The highest BCUT2D eigenvalue weighted by atomic mass is 16.5. The maximum absolute atomic E-state index is 5.93. The van der Waals surface area contributed by atoms with Crippen LogP contribution in [0, 0.1) is 0 Å². The summed E-state index contributed by atoms with van der Waals surface area (Å²) in [6, 6.07) is 0.602. The van der Waals surface area contributed by atoms with Crippen LogP contribution in [0.25, 0.3) is 0 Å². The number of piperidine rings is 1. The lowest BCUT2D eigenvalue weighted by Crippen LogP contribution is -2.37. The summed E-state index contributed by atoms with van der Waals surface area (Å²) in [5.41, 5.74) is 5.40. The van der Waals surface area contributed by atoms with Gasteiger partial charge in [-0.25, -0.2) is 0 Å². The standard InChI is InChI=1S/C12H22N4O/c1-9-6-4-5-7-16(9)8-10-14-11(15-17-10)12(2,3)13/h9H,4-8,13H2,1-3H3. The molecule has 1 aromatic rings. The van der Waals surface area contributed by atoms with Crippen LogP contribution in [0.2, 0.25) is 0 Å². The van der Waals surface area contributed by atoms with Crippen molar-refractivity contribution in [1.82, 2.24) is 15.0 Å².